The lowest BCUT2D eigenvalue weighted by atomic mass is 10.1. The van der Waals surface area contributed by atoms with Crippen LogP contribution in [-0.2, 0) is 6.54 Å². The molecule has 2 aromatic carbocycles. The zero-order valence-electron chi connectivity index (χ0n) is 15.5. The Bertz CT molecular complexity index is 1070. The van der Waals surface area contributed by atoms with Crippen LogP contribution in [0.25, 0.3) is 6.08 Å². The van der Waals surface area contributed by atoms with Crippen LogP contribution >= 0.6 is 0 Å². The van der Waals surface area contributed by atoms with E-state index in [4.69, 9.17) is 19.8 Å². The Balaban J connectivity index is 1.58. The number of aromatic nitrogens is 4. The maximum atomic E-state index is 11.0. The lowest BCUT2D eigenvalue weighted by molar-refractivity contribution is 0.0677. The number of carboxylic acid groups (broad SMARTS) is 1. The van der Waals surface area contributed by atoms with Crippen molar-refractivity contribution in [2.24, 2.45) is 0 Å². The summed E-state index contributed by atoms with van der Waals surface area (Å²) in [6.45, 7) is 0.569. The molecular weight excluding hydrogens is 374 g/mol. The first-order valence-corrected chi connectivity index (χ1v) is 8.56. The lowest BCUT2D eigenvalue weighted by Crippen LogP contribution is -2.12. The largest absolute Gasteiger partial charge is 0.496 e. The summed E-state index contributed by atoms with van der Waals surface area (Å²) in [5, 5.41) is 28.6. The highest BCUT2D eigenvalue weighted by Crippen LogP contribution is 2.21. The van der Waals surface area contributed by atoms with E-state index < -0.39 is 5.97 Å². The van der Waals surface area contributed by atoms with Gasteiger partial charge >= 0.3 is 5.97 Å². The van der Waals surface area contributed by atoms with Crippen molar-refractivity contribution in [3.05, 3.63) is 71.1 Å². The van der Waals surface area contributed by atoms with Crippen LogP contribution in [0.3, 0.4) is 0 Å². The fraction of sp³-hybridized carbons (Fsp3) is 0.150. The first-order chi connectivity index (χ1) is 14.1. The number of carboxylic acids is 1. The Morgan fingerprint density at radius 2 is 2.07 bits per heavy atom. The number of benzene rings is 2. The summed E-state index contributed by atoms with van der Waals surface area (Å²) in [5.74, 6) is -0.0655. The number of methoxy groups -OCH3 is 1. The smallest absolute Gasteiger partial charge is 0.375 e. The highest BCUT2D eigenvalue weighted by Gasteiger charge is 2.13. The van der Waals surface area contributed by atoms with E-state index in [1.54, 1.807) is 37.4 Å². The van der Waals surface area contributed by atoms with Gasteiger partial charge in [-0.25, -0.2) is 9.48 Å². The molecule has 1 heterocycles. The van der Waals surface area contributed by atoms with Crippen molar-refractivity contribution in [3.63, 3.8) is 0 Å². The van der Waals surface area contributed by atoms with Gasteiger partial charge in [-0.05, 0) is 52.4 Å². The monoisotopic (exact) mass is 391 g/mol. The van der Waals surface area contributed by atoms with E-state index in [-0.39, 0.29) is 12.4 Å². The van der Waals surface area contributed by atoms with Gasteiger partial charge in [-0.2, -0.15) is 5.26 Å². The number of aromatic carboxylic acids is 1. The van der Waals surface area contributed by atoms with Crippen molar-refractivity contribution in [1.82, 2.24) is 20.2 Å². The Labute approximate surface area is 166 Å². The number of carbonyl (C=O) groups is 1. The van der Waals surface area contributed by atoms with E-state index in [9.17, 15) is 4.79 Å². The highest BCUT2D eigenvalue weighted by atomic mass is 16.5. The summed E-state index contributed by atoms with van der Waals surface area (Å²) in [6, 6.07) is 14.5. The molecule has 0 radical (unpaired) electrons. The number of nitriles is 1. The molecule has 0 atom stereocenters. The maximum Gasteiger partial charge on any atom is 0.375 e. The average Bonchev–Trinajstić information content (AvgIpc) is 3.20. The maximum absolute atomic E-state index is 11.0. The average molecular weight is 391 g/mol. The molecule has 1 N–H and O–H groups in total. The fourth-order valence-corrected chi connectivity index (χ4v) is 2.58. The van der Waals surface area contributed by atoms with Crippen LogP contribution in [0.2, 0.25) is 0 Å². The van der Waals surface area contributed by atoms with Gasteiger partial charge in [-0.15, -0.1) is 5.10 Å². The zero-order chi connectivity index (χ0) is 20.6. The summed E-state index contributed by atoms with van der Waals surface area (Å²) in [6.07, 6.45) is 3.66. The van der Waals surface area contributed by atoms with Gasteiger partial charge < -0.3 is 14.6 Å². The van der Waals surface area contributed by atoms with E-state index in [0.29, 0.717) is 23.7 Å². The molecule has 1 aromatic heterocycles. The van der Waals surface area contributed by atoms with Crippen LogP contribution in [0.5, 0.6) is 11.5 Å². The summed E-state index contributed by atoms with van der Waals surface area (Å²) in [7, 11) is 1.57. The summed E-state index contributed by atoms with van der Waals surface area (Å²) in [5.41, 5.74) is 2.18. The second-order valence-corrected chi connectivity index (χ2v) is 5.89. The molecule has 3 aromatic rings. The molecule has 29 heavy (non-hydrogen) atoms. The molecular formula is C20H17N5O4. The molecule has 0 saturated carbocycles. The molecule has 146 valence electrons. The van der Waals surface area contributed by atoms with Gasteiger partial charge in [0.05, 0.1) is 25.3 Å². The van der Waals surface area contributed by atoms with E-state index in [1.807, 2.05) is 24.3 Å². The zero-order valence-corrected chi connectivity index (χ0v) is 15.5. The Morgan fingerprint density at radius 1 is 1.28 bits per heavy atom. The summed E-state index contributed by atoms with van der Waals surface area (Å²) in [4.78, 5) is 11.0. The Kier molecular flexibility index (Phi) is 6.17. The third-order valence-electron chi connectivity index (χ3n) is 3.98. The van der Waals surface area contributed by atoms with Gasteiger partial charge in [-0.3, -0.25) is 0 Å². The molecule has 0 saturated heterocycles. The van der Waals surface area contributed by atoms with Gasteiger partial charge in [-0.1, -0.05) is 18.2 Å². The van der Waals surface area contributed by atoms with Crippen molar-refractivity contribution in [2.75, 3.05) is 13.7 Å². The number of rotatable bonds is 8. The van der Waals surface area contributed by atoms with Crippen molar-refractivity contribution in [1.29, 1.82) is 5.26 Å². The van der Waals surface area contributed by atoms with Crippen LogP contribution in [0.4, 0.5) is 0 Å². The summed E-state index contributed by atoms with van der Waals surface area (Å²) >= 11 is 0. The minimum Gasteiger partial charge on any atom is -0.496 e. The predicted molar refractivity (Wildman–Crippen MR) is 103 cm³/mol. The number of tetrazole rings is 1. The molecule has 3 rings (SSSR count). The third kappa shape index (κ3) is 4.95. The molecule has 9 heteroatoms. The third-order valence-corrected chi connectivity index (χ3v) is 3.98. The SMILES string of the molecule is COc1ccc(C#N)cc1/C=C/COc1ccc(Cn2nnnc2C(=O)O)cc1. The highest BCUT2D eigenvalue weighted by molar-refractivity contribution is 5.83. The molecule has 0 aliphatic carbocycles. The quantitative estimate of drug-likeness (QED) is 0.621. The van der Waals surface area contributed by atoms with E-state index >= 15 is 0 Å². The first-order valence-electron chi connectivity index (χ1n) is 8.56. The molecule has 0 spiro atoms. The number of hydrogen-bond donors (Lipinski definition) is 1. The Hall–Kier alpha value is -4.19. The molecule has 0 aliphatic rings. The molecule has 0 bridgehead atoms. The molecule has 0 fully saturated rings. The van der Waals surface area contributed by atoms with Gasteiger partial charge in [0.2, 0.25) is 0 Å². The van der Waals surface area contributed by atoms with Gasteiger partial charge in [0.25, 0.3) is 5.82 Å². The van der Waals surface area contributed by atoms with Crippen molar-refractivity contribution in [3.8, 4) is 17.6 Å². The number of ether oxygens (including phenoxy) is 2. The molecule has 0 unspecified atom stereocenters. The molecule has 9 nitrogen and oxygen atoms in total. The fourth-order valence-electron chi connectivity index (χ4n) is 2.58. The van der Waals surface area contributed by atoms with Gasteiger partial charge in [0.15, 0.2) is 0 Å². The van der Waals surface area contributed by atoms with Crippen molar-refractivity contribution >= 4 is 12.0 Å². The second-order valence-electron chi connectivity index (χ2n) is 5.89. The van der Waals surface area contributed by atoms with Crippen LogP contribution < -0.4 is 9.47 Å². The standard InChI is InChI=1S/C20H17N5O4/c1-28-18-9-6-15(12-21)11-16(18)3-2-10-29-17-7-4-14(5-8-17)13-25-19(20(26)27)22-23-24-25/h2-9,11H,10,13H2,1H3,(H,26,27)/b3-2+. The normalized spacial score (nSPS) is 10.6. The molecule has 0 aliphatic heterocycles. The molecule has 0 amide bonds. The summed E-state index contributed by atoms with van der Waals surface area (Å²) < 4.78 is 12.2. The lowest BCUT2D eigenvalue weighted by Gasteiger charge is -2.07. The van der Waals surface area contributed by atoms with Gasteiger partial charge in [0.1, 0.15) is 18.1 Å². The van der Waals surface area contributed by atoms with Crippen molar-refractivity contribution < 1.29 is 19.4 Å². The Morgan fingerprint density at radius 3 is 2.76 bits per heavy atom. The van der Waals surface area contributed by atoms with Crippen LogP contribution in [0.1, 0.15) is 27.3 Å². The van der Waals surface area contributed by atoms with Crippen LogP contribution in [-0.4, -0.2) is 45.0 Å². The number of nitrogens with zero attached hydrogens (tertiary/aromatic N) is 5. The van der Waals surface area contributed by atoms with E-state index in [0.717, 1.165) is 11.1 Å². The van der Waals surface area contributed by atoms with Crippen molar-refractivity contribution in [2.45, 2.75) is 6.54 Å². The topological polar surface area (TPSA) is 123 Å². The van der Waals surface area contributed by atoms with Crippen LogP contribution in [0, 0.1) is 11.3 Å². The second kappa shape index (κ2) is 9.14. The first kappa shape index (κ1) is 19.6. The van der Waals surface area contributed by atoms with E-state index in [1.165, 1.54) is 4.68 Å². The van der Waals surface area contributed by atoms with Gasteiger partial charge in [0, 0.05) is 5.56 Å². The predicted octanol–water partition coefficient (Wildman–Crippen LogP) is 2.39. The van der Waals surface area contributed by atoms with E-state index in [2.05, 4.69) is 21.6 Å². The van der Waals surface area contributed by atoms with Crippen LogP contribution in [0.15, 0.2) is 48.5 Å². The minimum atomic E-state index is -1.18. The minimum absolute atomic E-state index is 0.216. The number of hydrogen-bond acceptors (Lipinski definition) is 7.